The molecule has 0 spiro atoms. The number of aliphatic hydroxyl groups is 2. The van der Waals surface area contributed by atoms with Crippen LogP contribution in [-0.4, -0.2) is 47.0 Å². The maximum Gasteiger partial charge on any atom is 0.0679 e. The molecule has 3 nitrogen and oxygen atoms in total. The molecular formula is C12H23NO2. The van der Waals surface area contributed by atoms with Crippen LogP contribution < -0.4 is 0 Å². The van der Waals surface area contributed by atoms with Gasteiger partial charge in [0.25, 0.3) is 0 Å². The molecule has 1 aliphatic carbocycles. The Morgan fingerprint density at radius 1 is 1.20 bits per heavy atom. The van der Waals surface area contributed by atoms with E-state index >= 15 is 0 Å². The number of rotatable bonds is 4. The van der Waals surface area contributed by atoms with Crippen molar-refractivity contribution >= 4 is 0 Å². The lowest BCUT2D eigenvalue weighted by Gasteiger charge is -2.21. The van der Waals surface area contributed by atoms with Gasteiger partial charge in [-0.25, -0.2) is 0 Å². The zero-order valence-electron chi connectivity index (χ0n) is 9.44. The lowest BCUT2D eigenvalue weighted by molar-refractivity contribution is 0.0932. The number of likely N-dealkylation sites (tertiary alicyclic amines) is 1. The Morgan fingerprint density at radius 3 is 2.53 bits per heavy atom. The highest BCUT2D eigenvalue weighted by atomic mass is 16.3. The molecule has 2 atom stereocenters. The molecule has 2 fully saturated rings. The number of hydrogen-bond donors (Lipinski definition) is 2. The van der Waals surface area contributed by atoms with Gasteiger partial charge < -0.3 is 10.2 Å². The van der Waals surface area contributed by atoms with E-state index in [0.717, 1.165) is 38.4 Å². The molecule has 88 valence electrons. The topological polar surface area (TPSA) is 43.7 Å². The quantitative estimate of drug-likeness (QED) is 0.732. The van der Waals surface area contributed by atoms with Crippen LogP contribution in [-0.2, 0) is 0 Å². The molecule has 0 aromatic heterocycles. The van der Waals surface area contributed by atoms with Crippen molar-refractivity contribution < 1.29 is 10.2 Å². The fourth-order valence-corrected chi connectivity index (χ4v) is 2.98. The first kappa shape index (κ1) is 11.4. The second-order valence-corrected chi connectivity index (χ2v) is 5.24. The first-order valence-corrected chi connectivity index (χ1v) is 6.32. The van der Waals surface area contributed by atoms with Crippen molar-refractivity contribution in [1.29, 1.82) is 0 Å². The smallest absolute Gasteiger partial charge is 0.0679 e. The predicted octanol–water partition coefficient (Wildman–Crippen LogP) is 0.994. The van der Waals surface area contributed by atoms with E-state index in [0.29, 0.717) is 0 Å². The van der Waals surface area contributed by atoms with E-state index in [4.69, 9.17) is 0 Å². The highest BCUT2D eigenvalue weighted by molar-refractivity contribution is 4.78. The Kier molecular flexibility index (Phi) is 4.00. The third kappa shape index (κ3) is 3.44. The lowest BCUT2D eigenvalue weighted by Crippen LogP contribution is -2.32. The molecule has 1 unspecified atom stereocenters. The average molecular weight is 213 g/mol. The summed E-state index contributed by atoms with van der Waals surface area (Å²) in [4.78, 5) is 2.18. The highest BCUT2D eigenvalue weighted by Gasteiger charge is 2.24. The number of hydrogen-bond acceptors (Lipinski definition) is 3. The Balaban J connectivity index is 1.65. The van der Waals surface area contributed by atoms with Crippen molar-refractivity contribution in [3.05, 3.63) is 0 Å². The van der Waals surface area contributed by atoms with Crippen LogP contribution in [0.2, 0.25) is 0 Å². The Hall–Kier alpha value is -0.120. The molecule has 1 heterocycles. The van der Waals surface area contributed by atoms with Crippen LogP contribution in [0.1, 0.15) is 38.5 Å². The Bertz CT molecular complexity index is 192. The average Bonchev–Trinajstić information content (AvgIpc) is 2.77. The van der Waals surface area contributed by atoms with Crippen LogP contribution in [0.15, 0.2) is 0 Å². The molecule has 2 N–H and O–H groups in total. The fourth-order valence-electron chi connectivity index (χ4n) is 2.98. The molecule has 0 amide bonds. The summed E-state index contributed by atoms with van der Waals surface area (Å²) in [6.07, 6.45) is 6.80. The van der Waals surface area contributed by atoms with Gasteiger partial charge in [0.1, 0.15) is 0 Å². The summed E-state index contributed by atoms with van der Waals surface area (Å²) in [6.45, 7) is 2.46. The van der Waals surface area contributed by atoms with Crippen LogP contribution in [0.5, 0.6) is 0 Å². The molecule has 2 rings (SSSR count). The summed E-state index contributed by atoms with van der Waals surface area (Å²) in [6, 6.07) is 0. The molecule has 15 heavy (non-hydrogen) atoms. The molecular weight excluding hydrogens is 190 g/mol. The summed E-state index contributed by atoms with van der Waals surface area (Å²) < 4.78 is 0. The van der Waals surface area contributed by atoms with E-state index in [1.165, 1.54) is 25.7 Å². The predicted molar refractivity (Wildman–Crippen MR) is 59.6 cm³/mol. The standard InChI is InChI=1S/C12H23NO2/c14-11-5-6-13(8-11)9-12(15)7-10-3-1-2-4-10/h10-12,14-15H,1-9H2/t11-,12?/m0/s1. The van der Waals surface area contributed by atoms with Crippen LogP contribution in [0, 0.1) is 5.92 Å². The van der Waals surface area contributed by atoms with Gasteiger partial charge in [0, 0.05) is 19.6 Å². The van der Waals surface area contributed by atoms with E-state index in [2.05, 4.69) is 4.90 Å². The zero-order chi connectivity index (χ0) is 10.7. The van der Waals surface area contributed by atoms with E-state index in [1.807, 2.05) is 0 Å². The maximum atomic E-state index is 9.93. The van der Waals surface area contributed by atoms with Crippen LogP contribution in [0.25, 0.3) is 0 Å². The molecule has 2 aliphatic rings. The molecule has 0 radical (unpaired) electrons. The number of aliphatic hydroxyl groups excluding tert-OH is 2. The molecule has 0 aromatic carbocycles. The van der Waals surface area contributed by atoms with Gasteiger partial charge in [0.2, 0.25) is 0 Å². The largest absolute Gasteiger partial charge is 0.392 e. The normalized spacial score (nSPS) is 31.2. The Morgan fingerprint density at radius 2 is 1.93 bits per heavy atom. The SMILES string of the molecule is OC(CC1CCCC1)CN1CC[C@H](O)C1. The van der Waals surface area contributed by atoms with Gasteiger partial charge in [0.05, 0.1) is 12.2 Å². The van der Waals surface area contributed by atoms with Crippen molar-refractivity contribution in [3.63, 3.8) is 0 Å². The fraction of sp³-hybridized carbons (Fsp3) is 1.00. The minimum absolute atomic E-state index is 0.163. The van der Waals surface area contributed by atoms with Gasteiger partial charge >= 0.3 is 0 Å². The van der Waals surface area contributed by atoms with Gasteiger partial charge in [0.15, 0.2) is 0 Å². The summed E-state index contributed by atoms with van der Waals surface area (Å²) >= 11 is 0. The van der Waals surface area contributed by atoms with Gasteiger partial charge in [-0.3, -0.25) is 4.90 Å². The summed E-state index contributed by atoms with van der Waals surface area (Å²) in [5, 5.41) is 19.3. The van der Waals surface area contributed by atoms with Crippen LogP contribution in [0.4, 0.5) is 0 Å². The molecule has 1 aliphatic heterocycles. The van der Waals surface area contributed by atoms with Gasteiger partial charge in [-0.05, 0) is 18.8 Å². The molecule has 1 saturated heterocycles. The number of β-amino-alcohol motifs (C(OH)–C–C–N with tert-alkyl or cyclic N) is 2. The van der Waals surface area contributed by atoms with Crippen LogP contribution >= 0.6 is 0 Å². The molecule has 3 heteroatoms. The van der Waals surface area contributed by atoms with Crippen molar-refractivity contribution in [2.75, 3.05) is 19.6 Å². The Labute approximate surface area is 92.1 Å². The van der Waals surface area contributed by atoms with Crippen molar-refractivity contribution in [2.24, 2.45) is 5.92 Å². The van der Waals surface area contributed by atoms with Crippen LogP contribution in [0.3, 0.4) is 0 Å². The minimum Gasteiger partial charge on any atom is -0.392 e. The number of nitrogens with zero attached hydrogens (tertiary/aromatic N) is 1. The molecule has 0 aromatic rings. The van der Waals surface area contributed by atoms with E-state index < -0.39 is 0 Å². The second-order valence-electron chi connectivity index (χ2n) is 5.24. The van der Waals surface area contributed by atoms with Gasteiger partial charge in [-0.2, -0.15) is 0 Å². The minimum atomic E-state index is -0.182. The van der Waals surface area contributed by atoms with Crippen molar-refractivity contribution in [2.45, 2.75) is 50.7 Å². The lowest BCUT2D eigenvalue weighted by atomic mass is 10.00. The second kappa shape index (κ2) is 5.28. The first-order valence-electron chi connectivity index (χ1n) is 6.32. The third-order valence-electron chi connectivity index (χ3n) is 3.80. The summed E-state index contributed by atoms with van der Waals surface area (Å²) in [7, 11) is 0. The molecule has 1 saturated carbocycles. The molecule has 0 bridgehead atoms. The third-order valence-corrected chi connectivity index (χ3v) is 3.80. The van der Waals surface area contributed by atoms with Crippen molar-refractivity contribution in [3.8, 4) is 0 Å². The monoisotopic (exact) mass is 213 g/mol. The summed E-state index contributed by atoms with van der Waals surface area (Å²) in [5.41, 5.74) is 0. The maximum absolute atomic E-state index is 9.93. The first-order chi connectivity index (χ1) is 7.24. The van der Waals surface area contributed by atoms with E-state index in [-0.39, 0.29) is 12.2 Å². The summed E-state index contributed by atoms with van der Waals surface area (Å²) in [5.74, 6) is 0.757. The van der Waals surface area contributed by atoms with Gasteiger partial charge in [-0.1, -0.05) is 25.7 Å². The van der Waals surface area contributed by atoms with Gasteiger partial charge in [-0.15, -0.1) is 0 Å². The van der Waals surface area contributed by atoms with E-state index in [1.54, 1.807) is 0 Å². The van der Waals surface area contributed by atoms with E-state index in [9.17, 15) is 10.2 Å². The van der Waals surface area contributed by atoms with Crippen molar-refractivity contribution in [1.82, 2.24) is 4.90 Å². The highest BCUT2D eigenvalue weighted by Crippen LogP contribution is 2.28. The zero-order valence-corrected chi connectivity index (χ0v) is 9.44.